The number of anilines is 1. The molecule has 0 bridgehead atoms. The van der Waals surface area contributed by atoms with Crippen LogP contribution in [0.4, 0.5) is 5.69 Å². The van der Waals surface area contributed by atoms with Crippen molar-refractivity contribution in [2.24, 2.45) is 0 Å². The van der Waals surface area contributed by atoms with E-state index in [-0.39, 0.29) is 29.4 Å². The molecule has 1 aliphatic rings. The van der Waals surface area contributed by atoms with Crippen LogP contribution >= 0.6 is 0 Å². The van der Waals surface area contributed by atoms with Gasteiger partial charge in [-0.05, 0) is 30.3 Å². The van der Waals surface area contributed by atoms with Crippen molar-refractivity contribution in [1.29, 1.82) is 0 Å². The van der Waals surface area contributed by atoms with E-state index in [0.29, 0.717) is 24.7 Å². The summed E-state index contributed by atoms with van der Waals surface area (Å²) >= 11 is 0. The molecule has 0 saturated carbocycles. The monoisotopic (exact) mass is 443 g/mol. The van der Waals surface area contributed by atoms with E-state index < -0.39 is 15.9 Å². The van der Waals surface area contributed by atoms with E-state index in [9.17, 15) is 13.2 Å². The summed E-state index contributed by atoms with van der Waals surface area (Å²) in [6.07, 6.45) is 1.34. The van der Waals surface area contributed by atoms with Gasteiger partial charge >= 0.3 is 0 Å². The van der Waals surface area contributed by atoms with Gasteiger partial charge in [0.2, 0.25) is 10.0 Å². The van der Waals surface area contributed by atoms with Gasteiger partial charge in [-0.2, -0.15) is 14.2 Å². The lowest BCUT2D eigenvalue weighted by atomic mass is 10.3. The molecule has 0 aliphatic carbocycles. The van der Waals surface area contributed by atoms with Gasteiger partial charge in [0.05, 0.1) is 42.8 Å². The minimum Gasteiger partial charge on any atom is -0.495 e. The number of amides is 1. The van der Waals surface area contributed by atoms with Gasteiger partial charge in [-0.1, -0.05) is 18.2 Å². The summed E-state index contributed by atoms with van der Waals surface area (Å²) in [6.45, 7) is 1.24. The average Bonchev–Trinajstić information content (AvgIpc) is 3.31. The molecule has 1 aromatic heterocycles. The number of carbonyl (C=O) groups excluding carboxylic acids is 1. The molecule has 0 unspecified atom stereocenters. The first kappa shape index (κ1) is 21.0. The smallest absolute Gasteiger partial charge is 0.277 e. The number of carbonyl (C=O) groups is 1. The second-order valence-corrected chi connectivity index (χ2v) is 8.63. The quantitative estimate of drug-likeness (QED) is 0.614. The second-order valence-electron chi connectivity index (χ2n) is 6.69. The predicted molar refractivity (Wildman–Crippen MR) is 112 cm³/mol. The van der Waals surface area contributed by atoms with Crippen LogP contribution in [-0.2, 0) is 14.8 Å². The van der Waals surface area contributed by atoms with Gasteiger partial charge in [0.15, 0.2) is 5.69 Å². The largest absolute Gasteiger partial charge is 0.495 e. The van der Waals surface area contributed by atoms with E-state index in [0.717, 1.165) is 0 Å². The summed E-state index contributed by atoms with van der Waals surface area (Å²) in [7, 11) is -2.29. The Hall–Kier alpha value is -3.28. The summed E-state index contributed by atoms with van der Waals surface area (Å²) in [6, 6.07) is 13.5. The molecule has 2 heterocycles. The molecule has 4 rings (SSSR count). The number of ether oxygens (including phenoxy) is 2. The third kappa shape index (κ3) is 4.43. The minimum absolute atomic E-state index is 0.0541. The molecule has 1 fully saturated rings. The van der Waals surface area contributed by atoms with Crippen LogP contribution in [-0.4, -0.2) is 67.0 Å². The van der Waals surface area contributed by atoms with E-state index in [4.69, 9.17) is 9.47 Å². The number of aromatic nitrogens is 3. The van der Waals surface area contributed by atoms with Gasteiger partial charge in [0.1, 0.15) is 5.75 Å². The Morgan fingerprint density at radius 2 is 1.87 bits per heavy atom. The molecule has 0 atom stereocenters. The Morgan fingerprint density at radius 3 is 2.58 bits per heavy atom. The number of nitrogens with one attached hydrogen (secondary N) is 1. The molecule has 1 N–H and O–H groups in total. The maximum atomic E-state index is 12.9. The number of para-hydroxylation sites is 1. The molecular formula is C20H21N5O5S. The van der Waals surface area contributed by atoms with Crippen LogP contribution in [0.2, 0.25) is 0 Å². The predicted octanol–water partition coefficient (Wildman–Crippen LogP) is 1.55. The molecule has 0 spiro atoms. The number of rotatable bonds is 6. The first-order chi connectivity index (χ1) is 15.0. The Morgan fingerprint density at radius 1 is 1.13 bits per heavy atom. The van der Waals surface area contributed by atoms with Crippen LogP contribution in [0.1, 0.15) is 10.5 Å². The molecule has 162 valence electrons. The minimum atomic E-state index is -3.73. The van der Waals surface area contributed by atoms with Crippen molar-refractivity contribution in [2.45, 2.75) is 4.90 Å². The lowest BCUT2D eigenvalue weighted by Gasteiger charge is -2.26. The molecule has 31 heavy (non-hydrogen) atoms. The van der Waals surface area contributed by atoms with Gasteiger partial charge in [-0.15, -0.1) is 5.10 Å². The number of nitrogens with zero attached hydrogens (tertiary/aromatic N) is 4. The van der Waals surface area contributed by atoms with Crippen molar-refractivity contribution in [1.82, 2.24) is 19.3 Å². The van der Waals surface area contributed by atoms with Crippen molar-refractivity contribution in [3.8, 4) is 11.4 Å². The van der Waals surface area contributed by atoms with Gasteiger partial charge in [-0.3, -0.25) is 4.79 Å². The zero-order chi connectivity index (χ0) is 21.8. The number of benzene rings is 2. The van der Waals surface area contributed by atoms with Crippen LogP contribution in [0.15, 0.2) is 59.6 Å². The summed E-state index contributed by atoms with van der Waals surface area (Å²) in [4.78, 5) is 14.1. The number of hydrogen-bond acceptors (Lipinski definition) is 7. The van der Waals surface area contributed by atoms with Crippen LogP contribution in [0, 0.1) is 0 Å². The van der Waals surface area contributed by atoms with Crippen molar-refractivity contribution in [3.05, 3.63) is 60.4 Å². The van der Waals surface area contributed by atoms with Gasteiger partial charge in [-0.25, -0.2) is 8.42 Å². The second kappa shape index (κ2) is 8.84. The van der Waals surface area contributed by atoms with Crippen LogP contribution in [0.25, 0.3) is 5.69 Å². The fraction of sp³-hybridized carbons (Fsp3) is 0.250. The molecule has 1 saturated heterocycles. The zero-order valence-electron chi connectivity index (χ0n) is 16.8. The summed E-state index contributed by atoms with van der Waals surface area (Å²) in [5.74, 6) is -0.217. The zero-order valence-corrected chi connectivity index (χ0v) is 17.6. The van der Waals surface area contributed by atoms with Crippen LogP contribution in [0.3, 0.4) is 0 Å². The summed E-state index contributed by atoms with van der Waals surface area (Å²) in [5, 5.41) is 11.0. The maximum Gasteiger partial charge on any atom is 0.277 e. The van der Waals surface area contributed by atoms with E-state index in [1.54, 1.807) is 0 Å². The first-order valence-electron chi connectivity index (χ1n) is 9.54. The van der Waals surface area contributed by atoms with Crippen molar-refractivity contribution >= 4 is 21.6 Å². The topological polar surface area (TPSA) is 116 Å². The molecule has 1 amide bonds. The van der Waals surface area contributed by atoms with E-state index in [1.165, 1.54) is 40.6 Å². The van der Waals surface area contributed by atoms with Gasteiger partial charge < -0.3 is 14.8 Å². The van der Waals surface area contributed by atoms with Crippen molar-refractivity contribution in [2.75, 3.05) is 38.7 Å². The highest BCUT2D eigenvalue weighted by Crippen LogP contribution is 2.29. The average molecular weight is 443 g/mol. The molecule has 3 aromatic rings. The summed E-state index contributed by atoms with van der Waals surface area (Å²) < 4.78 is 37.8. The molecule has 10 nitrogen and oxygen atoms in total. The fourth-order valence-electron chi connectivity index (χ4n) is 3.12. The van der Waals surface area contributed by atoms with Crippen molar-refractivity contribution in [3.63, 3.8) is 0 Å². The Labute approximate surface area is 179 Å². The standard InChI is InChI=1S/C20H21N5O5S/c1-29-19-8-7-16(31(27,28)24-9-11-30-12-10-24)13-17(19)22-20(26)18-14-21-25(23-18)15-5-3-2-4-6-15/h2-8,13-14H,9-12H2,1H3,(H,22,26). The van der Waals surface area contributed by atoms with E-state index >= 15 is 0 Å². The highest BCUT2D eigenvalue weighted by Gasteiger charge is 2.27. The Kier molecular flexibility index (Phi) is 5.98. The summed E-state index contributed by atoms with van der Waals surface area (Å²) in [5.41, 5.74) is 1.00. The Bertz CT molecular complexity index is 1170. The molecule has 0 radical (unpaired) electrons. The third-order valence-electron chi connectivity index (χ3n) is 4.74. The Balaban J connectivity index is 1.58. The van der Waals surface area contributed by atoms with E-state index in [1.807, 2.05) is 30.3 Å². The van der Waals surface area contributed by atoms with Crippen LogP contribution in [0.5, 0.6) is 5.75 Å². The highest BCUT2D eigenvalue weighted by atomic mass is 32.2. The van der Waals surface area contributed by atoms with Crippen molar-refractivity contribution < 1.29 is 22.7 Å². The van der Waals surface area contributed by atoms with E-state index in [2.05, 4.69) is 15.5 Å². The highest BCUT2D eigenvalue weighted by molar-refractivity contribution is 7.89. The number of hydrogen-bond donors (Lipinski definition) is 1. The SMILES string of the molecule is COc1ccc(S(=O)(=O)N2CCOCC2)cc1NC(=O)c1cnn(-c2ccccc2)n1. The third-order valence-corrected chi connectivity index (χ3v) is 6.63. The fourth-order valence-corrected chi connectivity index (χ4v) is 4.56. The number of methoxy groups -OCH3 is 1. The lowest BCUT2D eigenvalue weighted by Crippen LogP contribution is -2.40. The van der Waals surface area contributed by atoms with Gasteiger partial charge in [0.25, 0.3) is 5.91 Å². The van der Waals surface area contributed by atoms with Crippen LogP contribution < -0.4 is 10.1 Å². The normalized spacial score (nSPS) is 14.9. The first-order valence-corrected chi connectivity index (χ1v) is 11.0. The molecular weight excluding hydrogens is 422 g/mol. The molecule has 11 heteroatoms. The maximum absolute atomic E-state index is 12.9. The molecule has 2 aromatic carbocycles. The number of morpholine rings is 1. The van der Waals surface area contributed by atoms with Gasteiger partial charge in [0, 0.05) is 13.1 Å². The molecule has 1 aliphatic heterocycles. The lowest BCUT2D eigenvalue weighted by molar-refractivity contribution is 0.0730. The number of sulfonamides is 1.